The van der Waals surface area contributed by atoms with E-state index in [0.717, 1.165) is 12.8 Å². The van der Waals surface area contributed by atoms with Crippen LogP contribution in [0.5, 0.6) is 0 Å². The summed E-state index contributed by atoms with van der Waals surface area (Å²) in [6.07, 6.45) is 5.15. The Morgan fingerprint density at radius 1 is 1.30 bits per heavy atom. The van der Waals surface area contributed by atoms with Crippen LogP contribution in [0.4, 0.5) is 0 Å². The van der Waals surface area contributed by atoms with Crippen molar-refractivity contribution in [2.45, 2.75) is 30.2 Å². The van der Waals surface area contributed by atoms with Crippen LogP contribution in [0, 0.1) is 5.92 Å². The average Bonchev–Trinajstić information content (AvgIpc) is 3.03. The zero-order valence-corrected chi connectivity index (χ0v) is 13.7. The number of rotatable bonds is 2. The molecule has 8 heteroatoms. The first-order valence-electron chi connectivity index (χ1n) is 7.88. The summed E-state index contributed by atoms with van der Waals surface area (Å²) in [5, 5.41) is 2.84. The average molecular weight is 339 g/mol. The molecule has 7 nitrogen and oxygen atoms in total. The Balaban J connectivity index is 1.94. The van der Waals surface area contributed by atoms with Crippen molar-refractivity contribution >= 4 is 15.9 Å². The molecule has 0 spiro atoms. The van der Waals surface area contributed by atoms with E-state index in [9.17, 15) is 13.2 Å². The van der Waals surface area contributed by atoms with Gasteiger partial charge in [0.1, 0.15) is 4.90 Å². The molecule has 1 saturated heterocycles. The Labute approximate surface area is 136 Å². The number of fused-ring (bicyclic) bond motifs is 1. The van der Waals surface area contributed by atoms with Gasteiger partial charge in [-0.05, 0) is 25.0 Å². The zero-order chi connectivity index (χ0) is 16.3. The van der Waals surface area contributed by atoms with Crippen LogP contribution in [-0.2, 0) is 19.6 Å². The van der Waals surface area contributed by atoms with Crippen molar-refractivity contribution in [3.05, 3.63) is 24.5 Å². The van der Waals surface area contributed by atoms with E-state index in [1.807, 2.05) is 0 Å². The van der Waals surface area contributed by atoms with E-state index in [1.165, 1.54) is 22.8 Å². The minimum absolute atomic E-state index is 0.0793. The molecule has 126 valence electrons. The summed E-state index contributed by atoms with van der Waals surface area (Å²) in [7, 11) is -3.70. The van der Waals surface area contributed by atoms with E-state index in [2.05, 4.69) is 10.3 Å². The molecule has 2 fully saturated rings. The predicted molar refractivity (Wildman–Crippen MR) is 83.1 cm³/mol. The van der Waals surface area contributed by atoms with Gasteiger partial charge < -0.3 is 10.1 Å². The topological polar surface area (TPSA) is 88.6 Å². The van der Waals surface area contributed by atoms with Crippen LogP contribution in [0.2, 0.25) is 0 Å². The van der Waals surface area contributed by atoms with Crippen LogP contribution in [0.15, 0.2) is 29.4 Å². The molecule has 23 heavy (non-hydrogen) atoms. The highest BCUT2D eigenvalue weighted by molar-refractivity contribution is 7.89. The zero-order valence-electron chi connectivity index (χ0n) is 12.8. The molecule has 1 N–H and O–H groups in total. The first-order valence-corrected chi connectivity index (χ1v) is 9.32. The van der Waals surface area contributed by atoms with Crippen LogP contribution in [0.3, 0.4) is 0 Å². The van der Waals surface area contributed by atoms with Crippen LogP contribution in [-0.4, -0.2) is 56.0 Å². The molecule has 0 radical (unpaired) electrons. The van der Waals surface area contributed by atoms with E-state index in [4.69, 9.17) is 4.74 Å². The number of ether oxygens (including phenoxy) is 1. The maximum absolute atomic E-state index is 13.0. The van der Waals surface area contributed by atoms with Crippen LogP contribution in [0.25, 0.3) is 0 Å². The van der Waals surface area contributed by atoms with Crippen molar-refractivity contribution in [3.8, 4) is 0 Å². The molecule has 1 saturated carbocycles. The molecular formula is C15H21N3O4S. The number of nitrogens with one attached hydrogen (secondary N) is 1. The highest BCUT2D eigenvalue weighted by Gasteiger charge is 2.42. The molecule has 1 amide bonds. The maximum Gasteiger partial charge on any atom is 0.244 e. The molecule has 1 aromatic rings. The van der Waals surface area contributed by atoms with Gasteiger partial charge in [0.05, 0.1) is 19.1 Å². The fourth-order valence-electron chi connectivity index (χ4n) is 3.32. The van der Waals surface area contributed by atoms with Gasteiger partial charge in [0.25, 0.3) is 0 Å². The Bertz CT molecular complexity index is 650. The summed E-state index contributed by atoms with van der Waals surface area (Å²) in [6, 6.07) is 2.82. The SMILES string of the molecule is O=C1NCCOCCN(S(=O)(=O)c2cccnc2)[C@H]2CCC[C@@H]12. The lowest BCUT2D eigenvalue weighted by Crippen LogP contribution is -2.49. The standard InChI is InChI=1S/C15H21N3O4S/c19-15-13-4-1-5-14(13)18(8-10-22-9-7-17-15)23(20,21)12-3-2-6-16-11-12/h2-3,6,11,13-14H,1,4-5,7-10H2,(H,17,19)/t13-,14+/m1/s1. The largest absolute Gasteiger partial charge is 0.378 e. The van der Waals surface area contributed by atoms with Gasteiger partial charge >= 0.3 is 0 Å². The fourth-order valence-corrected chi connectivity index (χ4v) is 4.96. The lowest BCUT2D eigenvalue weighted by Gasteiger charge is -2.32. The molecule has 0 unspecified atom stereocenters. The number of hydrogen-bond donors (Lipinski definition) is 1. The lowest BCUT2D eigenvalue weighted by molar-refractivity contribution is -0.126. The van der Waals surface area contributed by atoms with Crippen LogP contribution in [0.1, 0.15) is 19.3 Å². The Kier molecular flexibility index (Phi) is 4.93. The number of carbonyl (C=O) groups excluding carboxylic acids is 1. The third-order valence-corrected chi connectivity index (χ3v) is 6.34. The molecule has 0 bridgehead atoms. The van der Waals surface area contributed by atoms with Crippen LogP contribution < -0.4 is 5.32 Å². The number of carbonyl (C=O) groups is 1. The van der Waals surface area contributed by atoms with Gasteiger partial charge in [-0.2, -0.15) is 4.31 Å². The quantitative estimate of drug-likeness (QED) is 0.842. The molecular weight excluding hydrogens is 318 g/mol. The minimum Gasteiger partial charge on any atom is -0.378 e. The van der Waals surface area contributed by atoms with Gasteiger partial charge in [-0.1, -0.05) is 6.42 Å². The summed E-state index contributed by atoms with van der Waals surface area (Å²) >= 11 is 0. The van der Waals surface area contributed by atoms with E-state index >= 15 is 0 Å². The van der Waals surface area contributed by atoms with Crippen molar-refractivity contribution in [2.75, 3.05) is 26.3 Å². The molecule has 2 heterocycles. The van der Waals surface area contributed by atoms with Crippen molar-refractivity contribution in [3.63, 3.8) is 0 Å². The van der Waals surface area contributed by atoms with Gasteiger partial charge in [0.15, 0.2) is 0 Å². The number of amides is 1. The summed E-state index contributed by atoms with van der Waals surface area (Å²) in [6.45, 7) is 1.44. The Morgan fingerprint density at radius 2 is 2.17 bits per heavy atom. The minimum atomic E-state index is -3.70. The predicted octanol–water partition coefficient (Wildman–Crippen LogP) is 0.387. The highest BCUT2D eigenvalue weighted by atomic mass is 32.2. The number of aromatic nitrogens is 1. The smallest absolute Gasteiger partial charge is 0.244 e. The van der Waals surface area contributed by atoms with Crippen molar-refractivity contribution in [1.29, 1.82) is 0 Å². The first kappa shape index (κ1) is 16.4. The van der Waals surface area contributed by atoms with E-state index in [-0.39, 0.29) is 29.3 Å². The van der Waals surface area contributed by atoms with E-state index in [0.29, 0.717) is 26.2 Å². The Hall–Kier alpha value is -1.51. The molecule has 1 aliphatic carbocycles. The normalized spacial score (nSPS) is 27.2. The second-order valence-corrected chi connectivity index (χ2v) is 7.70. The van der Waals surface area contributed by atoms with Gasteiger partial charge in [-0.25, -0.2) is 8.42 Å². The number of sulfonamides is 1. The van der Waals surface area contributed by atoms with Gasteiger partial charge in [0.2, 0.25) is 15.9 Å². The Morgan fingerprint density at radius 3 is 2.96 bits per heavy atom. The van der Waals surface area contributed by atoms with E-state index < -0.39 is 10.0 Å². The van der Waals surface area contributed by atoms with Gasteiger partial charge in [0, 0.05) is 31.5 Å². The number of hydrogen-bond acceptors (Lipinski definition) is 5. The molecule has 1 aromatic heterocycles. The second-order valence-electron chi connectivity index (χ2n) is 5.81. The maximum atomic E-state index is 13.0. The molecule has 2 atom stereocenters. The molecule has 3 rings (SSSR count). The summed E-state index contributed by atoms with van der Waals surface area (Å²) in [4.78, 5) is 16.4. The van der Waals surface area contributed by atoms with Crippen molar-refractivity contribution < 1.29 is 17.9 Å². The third kappa shape index (κ3) is 3.39. The van der Waals surface area contributed by atoms with Crippen LogP contribution >= 0.6 is 0 Å². The molecule has 2 aliphatic rings. The van der Waals surface area contributed by atoms with Crippen molar-refractivity contribution in [2.24, 2.45) is 5.92 Å². The molecule has 1 aliphatic heterocycles. The number of nitrogens with zero attached hydrogens (tertiary/aromatic N) is 2. The fraction of sp³-hybridized carbons (Fsp3) is 0.600. The summed E-state index contributed by atoms with van der Waals surface area (Å²) in [5.74, 6) is -0.371. The molecule has 0 aromatic carbocycles. The second kappa shape index (κ2) is 6.94. The summed E-state index contributed by atoms with van der Waals surface area (Å²) in [5.41, 5.74) is 0. The summed E-state index contributed by atoms with van der Waals surface area (Å²) < 4.78 is 32.9. The third-order valence-electron chi connectivity index (χ3n) is 4.43. The lowest BCUT2D eigenvalue weighted by atomic mass is 10.0. The van der Waals surface area contributed by atoms with Crippen molar-refractivity contribution in [1.82, 2.24) is 14.6 Å². The highest BCUT2D eigenvalue weighted by Crippen LogP contribution is 2.33. The van der Waals surface area contributed by atoms with E-state index in [1.54, 1.807) is 6.07 Å². The van der Waals surface area contributed by atoms with Gasteiger partial charge in [-0.15, -0.1) is 0 Å². The first-order chi connectivity index (χ1) is 11.1. The monoisotopic (exact) mass is 339 g/mol. The number of pyridine rings is 1. The van der Waals surface area contributed by atoms with Gasteiger partial charge in [-0.3, -0.25) is 9.78 Å².